The Hall–Kier alpha value is -3.49. The molecule has 9 heteroatoms. The Morgan fingerprint density at radius 1 is 1.03 bits per heavy atom. The summed E-state index contributed by atoms with van der Waals surface area (Å²) in [5, 5.41) is 3.03. The maximum atomic E-state index is 13.1. The highest BCUT2D eigenvalue weighted by Gasteiger charge is 2.37. The van der Waals surface area contributed by atoms with Crippen LogP contribution in [0.5, 0.6) is 11.5 Å². The molecule has 0 amide bonds. The summed E-state index contributed by atoms with van der Waals surface area (Å²) >= 11 is 0. The largest absolute Gasteiger partial charge is 0.493 e. The van der Waals surface area contributed by atoms with E-state index < -0.39 is 23.1 Å². The molecule has 0 radical (unpaired) electrons. The van der Waals surface area contributed by atoms with Gasteiger partial charge in [-0.25, -0.2) is 9.59 Å². The van der Waals surface area contributed by atoms with Gasteiger partial charge in [-0.3, -0.25) is 13.9 Å². The van der Waals surface area contributed by atoms with Crippen molar-refractivity contribution in [3.63, 3.8) is 0 Å². The number of allylic oxidation sites excluding steroid dienone is 1. The van der Waals surface area contributed by atoms with Crippen LogP contribution < -0.4 is 26.0 Å². The SMILES string of the molecule is COC(=O)C1=C(C)Nc2c(c(=O)n(C)c(=O)n2C)C1c1ccc(OC)c(OC)c1. The minimum absolute atomic E-state index is 0.271. The van der Waals surface area contributed by atoms with E-state index in [1.54, 1.807) is 32.2 Å². The third-order valence-electron chi connectivity index (χ3n) is 5.13. The third kappa shape index (κ3) is 3.08. The number of ether oxygens (including phenoxy) is 3. The second-order valence-electron chi connectivity index (χ2n) is 6.67. The lowest BCUT2D eigenvalue weighted by molar-refractivity contribution is -0.136. The molecule has 3 rings (SSSR count). The van der Waals surface area contributed by atoms with Gasteiger partial charge in [-0.2, -0.15) is 0 Å². The number of benzene rings is 1. The molecule has 29 heavy (non-hydrogen) atoms. The number of carbonyl (C=O) groups is 1. The van der Waals surface area contributed by atoms with E-state index >= 15 is 0 Å². The van der Waals surface area contributed by atoms with Gasteiger partial charge in [0.1, 0.15) is 5.82 Å². The van der Waals surface area contributed by atoms with Gasteiger partial charge in [0.05, 0.1) is 38.4 Å². The number of methoxy groups -OCH3 is 3. The van der Waals surface area contributed by atoms with Crippen molar-refractivity contribution in [2.45, 2.75) is 12.8 Å². The van der Waals surface area contributed by atoms with E-state index in [0.717, 1.165) is 4.57 Å². The molecule has 154 valence electrons. The van der Waals surface area contributed by atoms with Gasteiger partial charge < -0.3 is 19.5 Å². The fourth-order valence-electron chi connectivity index (χ4n) is 3.63. The molecule has 1 atom stereocenters. The molecule has 0 bridgehead atoms. The van der Waals surface area contributed by atoms with E-state index in [4.69, 9.17) is 14.2 Å². The van der Waals surface area contributed by atoms with Crippen LogP contribution in [0.3, 0.4) is 0 Å². The summed E-state index contributed by atoms with van der Waals surface area (Å²) in [5.74, 6) is -0.0314. The monoisotopic (exact) mass is 401 g/mol. The van der Waals surface area contributed by atoms with Crippen molar-refractivity contribution in [3.05, 3.63) is 61.4 Å². The lowest BCUT2D eigenvalue weighted by Gasteiger charge is -2.30. The average molecular weight is 401 g/mol. The van der Waals surface area contributed by atoms with Gasteiger partial charge in [-0.15, -0.1) is 0 Å². The summed E-state index contributed by atoms with van der Waals surface area (Å²) in [6.07, 6.45) is 0. The summed E-state index contributed by atoms with van der Waals surface area (Å²) in [6.45, 7) is 1.70. The van der Waals surface area contributed by atoms with Crippen LogP contribution in [0.25, 0.3) is 0 Å². The Balaban J connectivity index is 2.41. The van der Waals surface area contributed by atoms with Gasteiger partial charge in [-0.1, -0.05) is 6.07 Å². The lowest BCUT2D eigenvalue weighted by Crippen LogP contribution is -2.43. The Morgan fingerprint density at radius 2 is 1.69 bits per heavy atom. The number of aromatic nitrogens is 2. The lowest BCUT2D eigenvalue weighted by atomic mass is 9.82. The molecular weight excluding hydrogens is 378 g/mol. The van der Waals surface area contributed by atoms with Gasteiger partial charge in [-0.05, 0) is 24.6 Å². The second-order valence-corrected chi connectivity index (χ2v) is 6.67. The van der Waals surface area contributed by atoms with Gasteiger partial charge in [0.15, 0.2) is 11.5 Å². The van der Waals surface area contributed by atoms with Crippen LogP contribution in [0.1, 0.15) is 24.0 Å². The minimum atomic E-state index is -0.760. The van der Waals surface area contributed by atoms with Crippen molar-refractivity contribution in [2.24, 2.45) is 14.1 Å². The minimum Gasteiger partial charge on any atom is -0.493 e. The number of hydrogen-bond acceptors (Lipinski definition) is 7. The van der Waals surface area contributed by atoms with Crippen LogP contribution in [0.15, 0.2) is 39.1 Å². The van der Waals surface area contributed by atoms with Crippen molar-refractivity contribution < 1.29 is 19.0 Å². The first-order valence-electron chi connectivity index (χ1n) is 8.84. The number of nitrogens with zero attached hydrogens (tertiary/aromatic N) is 2. The highest BCUT2D eigenvalue weighted by atomic mass is 16.5. The van der Waals surface area contributed by atoms with Crippen LogP contribution in [-0.2, 0) is 23.6 Å². The van der Waals surface area contributed by atoms with E-state index in [1.807, 2.05) is 0 Å². The first kappa shape index (κ1) is 20.2. The van der Waals surface area contributed by atoms with Crippen molar-refractivity contribution in [1.82, 2.24) is 9.13 Å². The van der Waals surface area contributed by atoms with Crippen LogP contribution in [0.2, 0.25) is 0 Å². The molecule has 1 aliphatic heterocycles. The Kier molecular flexibility index (Phi) is 5.23. The smallest absolute Gasteiger partial charge is 0.336 e. The van der Waals surface area contributed by atoms with Gasteiger partial charge in [0.2, 0.25) is 0 Å². The topological polar surface area (TPSA) is 101 Å². The first-order chi connectivity index (χ1) is 13.8. The number of rotatable bonds is 4. The number of anilines is 1. The molecule has 1 aliphatic rings. The molecule has 1 N–H and O–H groups in total. The molecule has 2 heterocycles. The summed E-state index contributed by atoms with van der Waals surface area (Å²) in [7, 11) is 7.27. The highest BCUT2D eigenvalue weighted by Crippen LogP contribution is 2.42. The van der Waals surface area contributed by atoms with Crippen molar-refractivity contribution in [3.8, 4) is 11.5 Å². The zero-order valence-electron chi connectivity index (χ0n) is 17.2. The number of hydrogen-bond donors (Lipinski definition) is 1. The molecular formula is C20H23N3O6. The van der Waals surface area contributed by atoms with E-state index in [9.17, 15) is 14.4 Å². The van der Waals surface area contributed by atoms with Crippen molar-refractivity contribution in [2.75, 3.05) is 26.6 Å². The summed E-state index contributed by atoms with van der Waals surface area (Å²) in [6, 6.07) is 5.16. The molecule has 1 unspecified atom stereocenters. The van der Waals surface area contributed by atoms with Gasteiger partial charge >= 0.3 is 11.7 Å². The zero-order chi connectivity index (χ0) is 21.5. The molecule has 0 saturated carbocycles. The molecule has 2 aromatic rings. The van der Waals surface area contributed by atoms with Crippen LogP contribution in [0, 0.1) is 0 Å². The number of carbonyl (C=O) groups excluding carboxylic acids is 1. The van der Waals surface area contributed by atoms with E-state index in [2.05, 4.69) is 5.32 Å². The molecule has 0 aliphatic carbocycles. The summed E-state index contributed by atoms with van der Waals surface area (Å²) in [5.41, 5.74) is 0.704. The van der Waals surface area contributed by atoms with Gasteiger partial charge in [0.25, 0.3) is 5.56 Å². The van der Waals surface area contributed by atoms with E-state index in [-0.39, 0.29) is 11.1 Å². The predicted molar refractivity (Wildman–Crippen MR) is 107 cm³/mol. The maximum Gasteiger partial charge on any atom is 0.336 e. The Bertz CT molecular complexity index is 1140. The van der Waals surface area contributed by atoms with Crippen molar-refractivity contribution in [1.29, 1.82) is 0 Å². The number of fused-ring (bicyclic) bond motifs is 1. The van der Waals surface area contributed by atoms with E-state index in [1.165, 1.54) is 32.9 Å². The Labute approximate surface area is 167 Å². The van der Waals surface area contributed by atoms with E-state index in [0.29, 0.717) is 28.6 Å². The predicted octanol–water partition coefficient (Wildman–Crippen LogP) is 1.11. The normalized spacial score (nSPS) is 15.4. The van der Waals surface area contributed by atoms with Gasteiger partial charge in [0, 0.05) is 19.8 Å². The fraction of sp³-hybridized carbons (Fsp3) is 0.350. The quantitative estimate of drug-likeness (QED) is 0.766. The first-order valence-corrected chi connectivity index (χ1v) is 8.84. The molecule has 0 saturated heterocycles. The average Bonchev–Trinajstić information content (AvgIpc) is 2.74. The van der Waals surface area contributed by atoms with Crippen LogP contribution in [-0.4, -0.2) is 36.4 Å². The van der Waals surface area contributed by atoms with Crippen LogP contribution >= 0.6 is 0 Å². The molecule has 9 nitrogen and oxygen atoms in total. The molecule has 1 aromatic carbocycles. The number of esters is 1. The standard InChI is InChI=1S/C20H23N3O6/c1-10-14(19(25)29-6)15(11-7-8-12(27-4)13(9-11)28-5)16-17(21-10)22(2)20(26)23(3)18(16)24/h7-9,15,21H,1-6H3. The second kappa shape index (κ2) is 7.50. The highest BCUT2D eigenvalue weighted by molar-refractivity contribution is 5.94. The maximum absolute atomic E-state index is 13.1. The Morgan fingerprint density at radius 3 is 2.28 bits per heavy atom. The summed E-state index contributed by atoms with van der Waals surface area (Å²) < 4.78 is 18.0. The number of nitrogens with one attached hydrogen (secondary N) is 1. The molecule has 1 aromatic heterocycles. The van der Waals surface area contributed by atoms with Crippen LogP contribution in [0.4, 0.5) is 5.82 Å². The molecule has 0 spiro atoms. The molecule has 0 fully saturated rings. The van der Waals surface area contributed by atoms with Crippen molar-refractivity contribution >= 4 is 11.8 Å². The third-order valence-corrected chi connectivity index (χ3v) is 5.13. The zero-order valence-corrected chi connectivity index (χ0v) is 17.2. The fourth-order valence-corrected chi connectivity index (χ4v) is 3.63. The summed E-state index contributed by atoms with van der Waals surface area (Å²) in [4.78, 5) is 38.1.